The minimum Gasteiger partial charge on any atom is -0.497 e. The van der Waals surface area contributed by atoms with Gasteiger partial charge in [0.1, 0.15) is 24.2 Å². The van der Waals surface area contributed by atoms with Crippen molar-refractivity contribution < 1.29 is 14.6 Å². The molecule has 0 bridgehead atoms. The van der Waals surface area contributed by atoms with Crippen molar-refractivity contribution in [3.63, 3.8) is 0 Å². The van der Waals surface area contributed by atoms with E-state index in [4.69, 9.17) is 9.47 Å². The van der Waals surface area contributed by atoms with Crippen LogP contribution in [-0.4, -0.2) is 37.5 Å². The van der Waals surface area contributed by atoms with Crippen molar-refractivity contribution in [3.8, 4) is 11.5 Å². The molecule has 2 N–H and O–H groups in total. The lowest BCUT2D eigenvalue weighted by molar-refractivity contribution is 0.103. The lowest BCUT2D eigenvalue weighted by Crippen LogP contribution is -2.36. The molecule has 0 amide bonds. The highest BCUT2D eigenvalue weighted by atomic mass is 16.5. The molecule has 0 fully saturated rings. The third-order valence-corrected chi connectivity index (χ3v) is 3.85. The summed E-state index contributed by atoms with van der Waals surface area (Å²) >= 11 is 0. The molecule has 0 unspecified atom stereocenters. The van der Waals surface area contributed by atoms with Gasteiger partial charge in [-0.3, -0.25) is 0 Å². The normalized spacial score (nSPS) is 14.4. The van der Waals surface area contributed by atoms with E-state index in [9.17, 15) is 5.11 Å². The number of aliphatic hydroxyl groups excluding tert-OH is 1. The lowest BCUT2D eigenvalue weighted by Gasteiger charge is -2.24. The summed E-state index contributed by atoms with van der Waals surface area (Å²) in [4.78, 5) is 0. The molecular formula is C19H33NO3. The number of ether oxygens (including phenoxy) is 2. The van der Waals surface area contributed by atoms with Crippen LogP contribution in [0.3, 0.4) is 0 Å². The molecule has 132 valence electrons. The number of rotatable bonds is 9. The van der Waals surface area contributed by atoms with E-state index in [1.165, 1.54) is 0 Å². The van der Waals surface area contributed by atoms with E-state index in [-0.39, 0.29) is 12.0 Å². The van der Waals surface area contributed by atoms with Crippen LogP contribution in [0, 0.1) is 0 Å². The zero-order chi connectivity index (χ0) is 17.5. The molecule has 0 aliphatic carbocycles. The molecule has 1 rings (SSSR count). The fourth-order valence-corrected chi connectivity index (χ4v) is 2.47. The SMILES string of the molecule is CCC[C@H](C)NC[C@@H](O)COc1ccc(OC)cc1C(C)(C)C. The van der Waals surface area contributed by atoms with Gasteiger partial charge in [0.15, 0.2) is 0 Å². The fraction of sp³-hybridized carbons (Fsp3) is 0.684. The van der Waals surface area contributed by atoms with Crippen LogP contribution >= 0.6 is 0 Å². The largest absolute Gasteiger partial charge is 0.497 e. The highest BCUT2D eigenvalue weighted by molar-refractivity contribution is 5.44. The Balaban J connectivity index is 2.63. The Bertz CT molecular complexity index is 468. The van der Waals surface area contributed by atoms with Gasteiger partial charge in [-0.05, 0) is 37.0 Å². The summed E-state index contributed by atoms with van der Waals surface area (Å²) in [6, 6.07) is 6.22. The quantitative estimate of drug-likeness (QED) is 0.730. The summed E-state index contributed by atoms with van der Waals surface area (Å²) < 4.78 is 11.2. The van der Waals surface area contributed by atoms with Crippen molar-refractivity contribution in [2.24, 2.45) is 0 Å². The van der Waals surface area contributed by atoms with Crippen molar-refractivity contribution in [3.05, 3.63) is 23.8 Å². The molecule has 0 heterocycles. The summed E-state index contributed by atoms with van der Waals surface area (Å²) in [5, 5.41) is 13.4. The van der Waals surface area contributed by atoms with E-state index < -0.39 is 6.10 Å². The molecule has 0 saturated heterocycles. The van der Waals surface area contributed by atoms with Crippen LogP contribution in [0.5, 0.6) is 11.5 Å². The maximum atomic E-state index is 10.1. The highest BCUT2D eigenvalue weighted by Gasteiger charge is 2.20. The van der Waals surface area contributed by atoms with Crippen molar-refractivity contribution in [2.75, 3.05) is 20.3 Å². The molecule has 0 radical (unpaired) electrons. The predicted molar refractivity (Wildman–Crippen MR) is 95.6 cm³/mol. The summed E-state index contributed by atoms with van der Waals surface area (Å²) in [5.74, 6) is 1.62. The molecule has 4 heteroatoms. The van der Waals surface area contributed by atoms with Gasteiger partial charge >= 0.3 is 0 Å². The summed E-state index contributed by atoms with van der Waals surface area (Å²) in [7, 11) is 1.66. The predicted octanol–water partition coefficient (Wildman–Crippen LogP) is 3.51. The zero-order valence-electron chi connectivity index (χ0n) is 15.5. The Labute approximate surface area is 141 Å². The second kappa shape index (κ2) is 9.14. The molecule has 0 aliphatic heterocycles. The van der Waals surface area contributed by atoms with E-state index in [0.29, 0.717) is 12.6 Å². The van der Waals surface area contributed by atoms with Gasteiger partial charge in [0, 0.05) is 18.2 Å². The second-order valence-electron chi connectivity index (χ2n) is 7.17. The van der Waals surface area contributed by atoms with E-state index in [1.807, 2.05) is 18.2 Å². The van der Waals surface area contributed by atoms with Gasteiger partial charge in [0.2, 0.25) is 0 Å². The molecular weight excluding hydrogens is 290 g/mol. The molecule has 0 aliphatic rings. The third kappa shape index (κ3) is 6.80. The highest BCUT2D eigenvalue weighted by Crippen LogP contribution is 2.34. The first-order valence-corrected chi connectivity index (χ1v) is 8.50. The van der Waals surface area contributed by atoms with Gasteiger partial charge in [0.05, 0.1) is 7.11 Å². The van der Waals surface area contributed by atoms with Crippen LogP contribution in [0.15, 0.2) is 18.2 Å². The average Bonchev–Trinajstić information content (AvgIpc) is 2.50. The van der Waals surface area contributed by atoms with Crippen molar-refractivity contribution in [1.82, 2.24) is 5.32 Å². The van der Waals surface area contributed by atoms with Crippen LogP contribution in [0.4, 0.5) is 0 Å². The van der Waals surface area contributed by atoms with Crippen LogP contribution < -0.4 is 14.8 Å². The van der Waals surface area contributed by atoms with Gasteiger partial charge in [0.25, 0.3) is 0 Å². The minimum atomic E-state index is -0.524. The number of hydrogen-bond acceptors (Lipinski definition) is 4. The van der Waals surface area contributed by atoms with Crippen molar-refractivity contribution in [1.29, 1.82) is 0 Å². The van der Waals surface area contributed by atoms with Crippen LogP contribution in [0.25, 0.3) is 0 Å². The Hall–Kier alpha value is -1.26. The Kier molecular flexibility index (Phi) is 7.86. The van der Waals surface area contributed by atoms with E-state index in [1.54, 1.807) is 7.11 Å². The molecule has 23 heavy (non-hydrogen) atoms. The van der Waals surface area contributed by atoms with E-state index in [0.717, 1.165) is 29.9 Å². The fourth-order valence-electron chi connectivity index (χ4n) is 2.47. The molecule has 0 aromatic heterocycles. The Morgan fingerprint density at radius 2 is 1.96 bits per heavy atom. The zero-order valence-corrected chi connectivity index (χ0v) is 15.5. The Morgan fingerprint density at radius 3 is 2.52 bits per heavy atom. The van der Waals surface area contributed by atoms with E-state index in [2.05, 4.69) is 39.9 Å². The maximum Gasteiger partial charge on any atom is 0.123 e. The number of nitrogens with one attached hydrogen (secondary N) is 1. The topological polar surface area (TPSA) is 50.7 Å². The summed E-state index contributed by atoms with van der Waals surface area (Å²) in [6.45, 7) is 11.5. The molecule has 1 aromatic carbocycles. The smallest absolute Gasteiger partial charge is 0.123 e. The average molecular weight is 323 g/mol. The Morgan fingerprint density at radius 1 is 1.26 bits per heavy atom. The van der Waals surface area contributed by atoms with Gasteiger partial charge in [-0.1, -0.05) is 34.1 Å². The first-order valence-electron chi connectivity index (χ1n) is 8.50. The number of hydrogen-bond donors (Lipinski definition) is 2. The monoisotopic (exact) mass is 323 g/mol. The third-order valence-electron chi connectivity index (χ3n) is 3.85. The molecule has 0 spiro atoms. The maximum absolute atomic E-state index is 10.1. The summed E-state index contributed by atoms with van der Waals surface area (Å²) in [6.07, 6.45) is 1.73. The molecule has 0 saturated carbocycles. The van der Waals surface area contributed by atoms with Crippen LogP contribution in [0.1, 0.15) is 53.0 Å². The van der Waals surface area contributed by atoms with Gasteiger partial charge < -0.3 is 19.9 Å². The first kappa shape index (κ1) is 19.8. The van der Waals surface area contributed by atoms with Crippen LogP contribution in [0.2, 0.25) is 0 Å². The molecule has 1 aromatic rings. The lowest BCUT2D eigenvalue weighted by atomic mass is 9.86. The number of aliphatic hydroxyl groups is 1. The van der Waals surface area contributed by atoms with E-state index >= 15 is 0 Å². The minimum absolute atomic E-state index is 0.0529. The van der Waals surface area contributed by atoms with Crippen molar-refractivity contribution in [2.45, 2.75) is 65.0 Å². The van der Waals surface area contributed by atoms with Gasteiger partial charge in [-0.2, -0.15) is 0 Å². The molecule has 4 nitrogen and oxygen atoms in total. The standard InChI is InChI=1S/C19H33NO3/c1-7-8-14(2)20-12-15(21)13-23-18-10-9-16(22-6)11-17(18)19(3,4)5/h9-11,14-15,20-21H,7-8,12-13H2,1-6H3/t14-,15+/m0/s1. The summed E-state index contributed by atoms with van der Waals surface area (Å²) in [5.41, 5.74) is 1.03. The molecule has 2 atom stereocenters. The van der Waals surface area contributed by atoms with Crippen molar-refractivity contribution >= 4 is 0 Å². The first-order chi connectivity index (χ1) is 10.8. The van der Waals surface area contributed by atoms with Crippen LogP contribution in [-0.2, 0) is 5.41 Å². The van der Waals surface area contributed by atoms with Gasteiger partial charge in [-0.15, -0.1) is 0 Å². The number of benzene rings is 1. The second-order valence-corrected chi connectivity index (χ2v) is 7.17. The van der Waals surface area contributed by atoms with Gasteiger partial charge in [-0.25, -0.2) is 0 Å². The number of methoxy groups -OCH3 is 1.